The molecular formula is C10H16F2N2OS. The van der Waals surface area contributed by atoms with Crippen LogP contribution in [0.15, 0.2) is 17.5 Å². The summed E-state index contributed by atoms with van der Waals surface area (Å²) in [6.45, 7) is -0.0216. The Morgan fingerprint density at radius 3 is 2.69 bits per heavy atom. The third-order valence-electron chi connectivity index (χ3n) is 2.30. The number of aliphatic hydroxyl groups excluding tert-OH is 1. The standard InChI is InChI=1S/C10H16F2N2OS/c11-10(12)7-14(3-4-15)8(6-13)9-2-1-5-16-9/h1-2,5,8,10,15H,3-4,6-7,13H2. The van der Waals surface area contributed by atoms with Crippen LogP contribution in [0.25, 0.3) is 0 Å². The summed E-state index contributed by atoms with van der Waals surface area (Å²) in [4.78, 5) is 2.48. The first-order chi connectivity index (χ1) is 7.69. The molecule has 0 saturated carbocycles. The molecule has 1 unspecified atom stereocenters. The predicted molar refractivity (Wildman–Crippen MR) is 60.8 cm³/mol. The van der Waals surface area contributed by atoms with Gasteiger partial charge in [-0.2, -0.15) is 0 Å². The average Bonchev–Trinajstić information content (AvgIpc) is 2.71. The molecule has 0 amide bonds. The molecule has 0 aliphatic carbocycles. The van der Waals surface area contributed by atoms with Crippen molar-refractivity contribution in [2.24, 2.45) is 5.73 Å². The number of alkyl halides is 2. The van der Waals surface area contributed by atoms with Gasteiger partial charge in [0.05, 0.1) is 19.2 Å². The summed E-state index contributed by atoms with van der Waals surface area (Å²) < 4.78 is 24.8. The fraction of sp³-hybridized carbons (Fsp3) is 0.600. The molecule has 0 aliphatic rings. The lowest BCUT2D eigenvalue weighted by Crippen LogP contribution is -2.38. The van der Waals surface area contributed by atoms with Crippen LogP contribution in [0.4, 0.5) is 8.78 Å². The zero-order valence-corrected chi connectivity index (χ0v) is 9.67. The van der Waals surface area contributed by atoms with Crippen LogP contribution in [0.2, 0.25) is 0 Å². The maximum Gasteiger partial charge on any atom is 0.251 e. The molecular weight excluding hydrogens is 234 g/mol. The van der Waals surface area contributed by atoms with E-state index in [0.717, 1.165) is 4.88 Å². The van der Waals surface area contributed by atoms with E-state index in [1.165, 1.54) is 16.2 Å². The molecule has 0 aromatic carbocycles. The van der Waals surface area contributed by atoms with Crippen molar-refractivity contribution in [1.29, 1.82) is 0 Å². The zero-order valence-electron chi connectivity index (χ0n) is 8.85. The van der Waals surface area contributed by atoms with Crippen LogP contribution in [-0.4, -0.2) is 42.7 Å². The van der Waals surface area contributed by atoms with Gasteiger partial charge in [-0.15, -0.1) is 11.3 Å². The summed E-state index contributed by atoms with van der Waals surface area (Å²) in [7, 11) is 0. The number of aliphatic hydroxyl groups is 1. The SMILES string of the molecule is NCC(c1cccs1)N(CCO)CC(F)F. The van der Waals surface area contributed by atoms with Gasteiger partial charge in [0.1, 0.15) is 0 Å². The van der Waals surface area contributed by atoms with Gasteiger partial charge in [-0.25, -0.2) is 8.78 Å². The fourth-order valence-electron chi connectivity index (χ4n) is 1.61. The second kappa shape index (κ2) is 6.90. The van der Waals surface area contributed by atoms with E-state index in [4.69, 9.17) is 10.8 Å². The van der Waals surface area contributed by atoms with Crippen LogP contribution in [0, 0.1) is 0 Å². The monoisotopic (exact) mass is 250 g/mol. The molecule has 0 aliphatic heterocycles. The molecule has 0 saturated heterocycles. The number of hydrogen-bond donors (Lipinski definition) is 2. The molecule has 16 heavy (non-hydrogen) atoms. The highest BCUT2D eigenvalue weighted by atomic mass is 32.1. The van der Waals surface area contributed by atoms with Gasteiger partial charge in [0.2, 0.25) is 0 Å². The number of nitrogens with zero attached hydrogens (tertiary/aromatic N) is 1. The van der Waals surface area contributed by atoms with Crippen molar-refractivity contribution in [3.8, 4) is 0 Å². The Morgan fingerprint density at radius 2 is 2.25 bits per heavy atom. The van der Waals surface area contributed by atoms with Gasteiger partial charge in [0.15, 0.2) is 0 Å². The van der Waals surface area contributed by atoms with Gasteiger partial charge in [-0.1, -0.05) is 6.07 Å². The van der Waals surface area contributed by atoms with Crippen LogP contribution in [-0.2, 0) is 0 Å². The van der Waals surface area contributed by atoms with E-state index >= 15 is 0 Å². The molecule has 92 valence electrons. The van der Waals surface area contributed by atoms with E-state index in [1.54, 1.807) is 0 Å². The third-order valence-corrected chi connectivity index (χ3v) is 3.27. The summed E-state index contributed by atoms with van der Waals surface area (Å²) in [5, 5.41) is 10.8. The van der Waals surface area contributed by atoms with Crippen molar-refractivity contribution in [2.45, 2.75) is 12.5 Å². The molecule has 3 N–H and O–H groups in total. The minimum absolute atomic E-state index is 0.144. The number of thiophene rings is 1. The van der Waals surface area contributed by atoms with Crippen molar-refractivity contribution < 1.29 is 13.9 Å². The molecule has 6 heteroatoms. The maximum absolute atomic E-state index is 12.4. The molecule has 0 fully saturated rings. The number of rotatable bonds is 7. The van der Waals surface area contributed by atoms with Crippen molar-refractivity contribution >= 4 is 11.3 Å². The molecule has 1 heterocycles. The summed E-state index contributed by atoms with van der Waals surface area (Å²) in [5.41, 5.74) is 5.61. The fourth-order valence-corrected chi connectivity index (χ4v) is 2.48. The smallest absolute Gasteiger partial charge is 0.251 e. The van der Waals surface area contributed by atoms with Gasteiger partial charge in [-0.05, 0) is 11.4 Å². The zero-order chi connectivity index (χ0) is 12.0. The average molecular weight is 250 g/mol. The molecule has 0 spiro atoms. The first kappa shape index (κ1) is 13.5. The molecule has 3 nitrogen and oxygen atoms in total. The molecule has 1 atom stereocenters. The Labute approximate surface area is 97.5 Å². The van der Waals surface area contributed by atoms with Crippen LogP contribution in [0.1, 0.15) is 10.9 Å². The van der Waals surface area contributed by atoms with E-state index in [1.807, 2.05) is 17.5 Å². The van der Waals surface area contributed by atoms with Crippen LogP contribution >= 0.6 is 11.3 Å². The first-order valence-electron chi connectivity index (χ1n) is 5.05. The van der Waals surface area contributed by atoms with E-state index in [-0.39, 0.29) is 32.3 Å². The lowest BCUT2D eigenvalue weighted by molar-refractivity contribution is 0.0570. The van der Waals surface area contributed by atoms with Gasteiger partial charge in [-0.3, -0.25) is 4.90 Å². The number of hydrogen-bond acceptors (Lipinski definition) is 4. The van der Waals surface area contributed by atoms with Gasteiger partial charge < -0.3 is 10.8 Å². The van der Waals surface area contributed by atoms with Crippen LogP contribution in [0.5, 0.6) is 0 Å². The Kier molecular flexibility index (Phi) is 5.83. The minimum Gasteiger partial charge on any atom is -0.395 e. The van der Waals surface area contributed by atoms with E-state index < -0.39 is 6.43 Å². The van der Waals surface area contributed by atoms with E-state index in [0.29, 0.717) is 0 Å². The van der Waals surface area contributed by atoms with Gasteiger partial charge in [0, 0.05) is 18.0 Å². The summed E-state index contributed by atoms with van der Waals surface area (Å²) in [6, 6.07) is 3.50. The van der Waals surface area contributed by atoms with Crippen LogP contribution in [0.3, 0.4) is 0 Å². The highest BCUT2D eigenvalue weighted by molar-refractivity contribution is 7.10. The van der Waals surface area contributed by atoms with Crippen molar-refractivity contribution in [1.82, 2.24) is 4.90 Å². The first-order valence-corrected chi connectivity index (χ1v) is 5.93. The number of nitrogens with two attached hydrogens (primary N) is 1. The quantitative estimate of drug-likeness (QED) is 0.767. The lowest BCUT2D eigenvalue weighted by Gasteiger charge is -2.29. The second-order valence-corrected chi connectivity index (χ2v) is 4.36. The maximum atomic E-state index is 12.4. The Morgan fingerprint density at radius 1 is 1.50 bits per heavy atom. The third kappa shape index (κ3) is 3.79. The highest BCUT2D eigenvalue weighted by Crippen LogP contribution is 2.24. The minimum atomic E-state index is -2.42. The van der Waals surface area contributed by atoms with Crippen molar-refractivity contribution in [3.63, 3.8) is 0 Å². The Hall–Kier alpha value is -0.560. The van der Waals surface area contributed by atoms with Gasteiger partial charge >= 0.3 is 0 Å². The summed E-state index contributed by atoms with van der Waals surface area (Å²) >= 11 is 1.49. The summed E-state index contributed by atoms with van der Waals surface area (Å²) in [6.07, 6.45) is -2.42. The predicted octanol–water partition coefficient (Wildman–Crippen LogP) is 1.31. The number of halogens is 2. The molecule has 0 radical (unpaired) electrons. The lowest BCUT2D eigenvalue weighted by atomic mass is 10.2. The van der Waals surface area contributed by atoms with E-state index in [9.17, 15) is 8.78 Å². The topological polar surface area (TPSA) is 49.5 Å². The van der Waals surface area contributed by atoms with Gasteiger partial charge in [0.25, 0.3) is 6.43 Å². The van der Waals surface area contributed by atoms with Crippen molar-refractivity contribution in [2.75, 3.05) is 26.2 Å². The second-order valence-electron chi connectivity index (χ2n) is 3.38. The summed E-state index contributed by atoms with van der Waals surface area (Å²) in [5.74, 6) is 0. The normalized spacial score (nSPS) is 13.6. The molecule has 1 rings (SSSR count). The van der Waals surface area contributed by atoms with Crippen LogP contribution < -0.4 is 5.73 Å². The largest absolute Gasteiger partial charge is 0.395 e. The molecule has 1 aromatic rings. The van der Waals surface area contributed by atoms with E-state index in [2.05, 4.69) is 0 Å². The Bertz CT molecular complexity index is 282. The highest BCUT2D eigenvalue weighted by Gasteiger charge is 2.22. The molecule has 1 aromatic heterocycles. The Balaban J connectivity index is 2.73. The van der Waals surface area contributed by atoms with Crippen molar-refractivity contribution in [3.05, 3.63) is 22.4 Å². The molecule has 0 bridgehead atoms.